The van der Waals surface area contributed by atoms with Crippen LogP contribution in [-0.4, -0.2) is 44.4 Å². The van der Waals surface area contributed by atoms with Gasteiger partial charge < -0.3 is 13.9 Å². The first-order valence-electron chi connectivity index (χ1n) is 9.84. The van der Waals surface area contributed by atoms with Crippen molar-refractivity contribution >= 4 is 10.9 Å². The van der Waals surface area contributed by atoms with Gasteiger partial charge in [-0.25, -0.2) is 0 Å². The summed E-state index contributed by atoms with van der Waals surface area (Å²) in [6.45, 7) is 0.992. The van der Waals surface area contributed by atoms with Crippen LogP contribution in [0, 0.1) is 0 Å². The summed E-state index contributed by atoms with van der Waals surface area (Å²) in [5, 5.41) is 0.682. The highest BCUT2D eigenvalue weighted by atomic mass is 19.4. The Balaban J connectivity index is 1.40. The molecular weight excluding hydrogens is 397 g/mol. The molecule has 2 aromatic heterocycles. The molecule has 0 unspecified atom stereocenters. The van der Waals surface area contributed by atoms with Crippen molar-refractivity contribution in [3.05, 3.63) is 58.9 Å². The molecule has 1 saturated heterocycles. The highest BCUT2D eigenvalue weighted by Crippen LogP contribution is 2.31. The molecule has 3 aromatic rings. The van der Waals surface area contributed by atoms with Gasteiger partial charge in [-0.2, -0.15) is 13.2 Å². The normalized spacial score (nSPS) is 16.3. The number of rotatable bonds is 5. The predicted octanol–water partition coefficient (Wildman–Crippen LogP) is 3.34. The third-order valence-corrected chi connectivity index (χ3v) is 5.41. The Hall–Kier alpha value is -2.81. The first-order valence-corrected chi connectivity index (χ1v) is 9.84. The molecule has 0 bridgehead atoms. The molecule has 9 heteroatoms. The van der Waals surface area contributed by atoms with Gasteiger partial charge in [-0.15, -0.1) is 0 Å². The topological polar surface area (TPSA) is 52.3 Å². The lowest BCUT2D eigenvalue weighted by Crippen LogP contribution is -2.39. The second kappa shape index (κ2) is 8.14. The van der Waals surface area contributed by atoms with E-state index in [4.69, 9.17) is 4.74 Å². The Kier molecular flexibility index (Phi) is 5.55. The quantitative estimate of drug-likeness (QED) is 0.635. The number of nitrogens with zero attached hydrogens (tertiary/aromatic N) is 4. The van der Waals surface area contributed by atoms with Crippen molar-refractivity contribution in [3.63, 3.8) is 0 Å². The van der Waals surface area contributed by atoms with Crippen LogP contribution in [0.2, 0.25) is 0 Å². The van der Waals surface area contributed by atoms with E-state index in [1.54, 1.807) is 43.7 Å². The SMILES string of the molecule is Cn1ccnc(CN2CCC(Oc3cccc4c3ccn4CC(F)(F)F)CC2)c1=O. The van der Waals surface area contributed by atoms with Crippen LogP contribution in [0.3, 0.4) is 0 Å². The monoisotopic (exact) mass is 420 g/mol. The zero-order valence-electron chi connectivity index (χ0n) is 16.6. The van der Waals surface area contributed by atoms with Crippen molar-refractivity contribution in [1.82, 2.24) is 19.0 Å². The number of aryl methyl sites for hydroxylation is 1. The summed E-state index contributed by atoms with van der Waals surface area (Å²) < 4.78 is 47.2. The van der Waals surface area contributed by atoms with Crippen molar-refractivity contribution in [2.24, 2.45) is 7.05 Å². The average molecular weight is 420 g/mol. The number of aromatic nitrogens is 3. The lowest BCUT2D eigenvalue weighted by Gasteiger charge is -2.31. The molecule has 1 aromatic carbocycles. The molecule has 6 nitrogen and oxygen atoms in total. The number of hydrogen-bond donors (Lipinski definition) is 0. The zero-order valence-corrected chi connectivity index (χ0v) is 16.6. The van der Waals surface area contributed by atoms with Crippen molar-refractivity contribution in [2.45, 2.75) is 38.2 Å². The van der Waals surface area contributed by atoms with Crippen molar-refractivity contribution in [1.29, 1.82) is 0 Å². The lowest BCUT2D eigenvalue weighted by molar-refractivity contribution is -0.139. The fourth-order valence-electron chi connectivity index (χ4n) is 3.86. The Morgan fingerprint density at radius 3 is 2.67 bits per heavy atom. The van der Waals surface area contributed by atoms with Crippen molar-refractivity contribution in [3.8, 4) is 5.75 Å². The van der Waals surface area contributed by atoms with Gasteiger partial charge in [-0.3, -0.25) is 14.7 Å². The number of fused-ring (bicyclic) bond motifs is 1. The second-order valence-electron chi connectivity index (χ2n) is 7.63. The molecule has 4 rings (SSSR count). The fourth-order valence-corrected chi connectivity index (χ4v) is 3.86. The second-order valence-corrected chi connectivity index (χ2v) is 7.63. The minimum Gasteiger partial charge on any atom is -0.490 e. The lowest BCUT2D eigenvalue weighted by atomic mass is 10.1. The summed E-state index contributed by atoms with van der Waals surface area (Å²) in [6, 6.07) is 6.85. The molecule has 30 heavy (non-hydrogen) atoms. The van der Waals surface area contributed by atoms with Crippen LogP contribution in [-0.2, 0) is 20.1 Å². The standard InChI is InChI=1S/C21H23F3N4O2/c1-26-12-8-25-17(20(26)29)13-27-9-5-15(6-10-27)30-19-4-2-3-18-16(19)7-11-28(18)14-21(22,23)24/h2-4,7-8,11-12,15H,5-6,9-10,13-14H2,1H3. The summed E-state index contributed by atoms with van der Waals surface area (Å²) in [5.41, 5.74) is 0.939. The van der Waals surface area contributed by atoms with Gasteiger partial charge >= 0.3 is 6.18 Å². The van der Waals surface area contributed by atoms with Gasteiger partial charge in [0.25, 0.3) is 5.56 Å². The van der Waals surface area contributed by atoms with Gasteiger partial charge in [0, 0.05) is 50.7 Å². The average Bonchev–Trinajstić information content (AvgIpc) is 3.09. The first-order chi connectivity index (χ1) is 14.3. The highest BCUT2D eigenvalue weighted by Gasteiger charge is 2.29. The van der Waals surface area contributed by atoms with Gasteiger partial charge in [-0.05, 0) is 31.0 Å². The molecule has 0 radical (unpaired) electrons. The van der Waals surface area contributed by atoms with E-state index in [0.29, 0.717) is 28.9 Å². The van der Waals surface area contributed by atoms with Gasteiger partial charge in [0.15, 0.2) is 0 Å². The summed E-state index contributed by atoms with van der Waals surface area (Å²) in [4.78, 5) is 18.5. The third-order valence-electron chi connectivity index (χ3n) is 5.41. The molecule has 0 aliphatic carbocycles. The number of benzene rings is 1. The number of likely N-dealkylation sites (tertiary alicyclic amines) is 1. The summed E-state index contributed by atoms with van der Waals surface area (Å²) >= 11 is 0. The molecule has 0 N–H and O–H groups in total. The molecule has 0 saturated carbocycles. The summed E-state index contributed by atoms with van der Waals surface area (Å²) in [6.07, 6.45) is 1.95. The van der Waals surface area contributed by atoms with Crippen LogP contribution in [0.1, 0.15) is 18.5 Å². The van der Waals surface area contributed by atoms with E-state index in [0.717, 1.165) is 25.9 Å². The number of alkyl halides is 3. The third kappa shape index (κ3) is 4.51. The smallest absolute Gasteiger partial charge is 0.406 e. The van der Waals surface area contributed by atoms with Crippen LogP contribution >= 0.6 is 0 Å². The molecule has 1 aliphatic heterocycles. The highest BCUT2D eigenvalue weighted by molar-refractivity contribution is 5.86. The first kappa shape index (κ1) is 20.5. The molecule has 0 amide bonds. The van der Waals surface area contributed by atoms with Gasteiger partial charge in [0.1, 0.15) is 24.1 Å². The Labute approximate surface area is 171 Å². The number of piperidine rings is 1. The molecule has 1 aliphatic rings. The molecule has 160 valence electrons. The largest absolute Gasteiger partial charge is 0.490 e. The van der Waals surface area contributed by atoms with E-state index in [9.17, 15) is 18.0 Å². The van der Waals surface area contributed by atoms with E-state index in [1.807, 2.05) is 0 Å². The van der Waals surface area contributed by atoms with Crippen LogP contribution in [0.15, 0.2) is 47.7 Å². The number of ether oxygens (including phenoxy) is 1. The maximum atomic E-state index is 12.8. The van der Waals surface area contributed by atoms with E-state index in [1.165, 1.54) is 15.3 Å². The van der Waals surface area contributed by atoms with Gasteiger partial charge in [-0.1, -0.05) is 6.07 Å². The van der Waals surface area contributed by atoms with Crippen molar-refractivity contribution < 1.29 is 17.9 Å². The number of halogens is 3. The van der Waals surface area contributed by atoms with Crippen LogP contribution in [0.25, 0.3) is 10.9 Å². The molecule has 1 fully saturated rings. The fraction of sp³-hybridized carbons (Fsp3) is 0.429. The molecule has 0 atom stereocenters. The van der Waals surface area contributed by atoms with E-state index in [-0.39, 0.29) is 11.7 Å². The molecule has 3 heterocycles. The number of hydrogen-bond acceptors (Lipinski definition) is 4. The maximum absolute atomic E-state index is 12.8. The Morgan fingerprint density at radius 2 is 1.93 bits per heavy atom. The van der Waals surface area contributed by atoms with E-state index in [2.05, 4.69) is 9.88 Å². The summed E-state index contributed by atoms with van der Waals surface area (Å²) in [5.74, 6) is 0.602. The van der Waals surface area contributed by atoms with Crippen LogP contribution in [0.5, 0.6) is 5.75 Å². The maximum Gasteiger partial charge on any atom is 0.406 e. The minimum absolute atomic E-state index is 0.0237. The summed E-state index contributed by atoms with van der Waals surface area (Å²) in [7, 11) is 1.70. The zero-order chi connectivity index (χ0) is 21.3. The Bertz CT molecular complexity index is 1080. The van der Waals surface area contributed by atoms with Crippen molar-refractivity contribution in [2.75, 3.05) is 13.1 Å². The van der Waals surface area contributed by atoms with Crippen LogP contribution in [0.4, 0.5) is 13.2 Å². The van der Waals surface area contributed by atoms with E-state index < -0.39 is 12.7 Å². The van der Waals surface area contributed by atoms with Gasteiger partial charge in [0.2, 0.25) is 0 Å². The van der Waals surface area contributed by atoms with Crippen LogP contribution < -0.4 is 10.3 Å². The minimum atomic E-state index is -4.27. The van der Waals surface area contributed by atoms with Gasteiger partial charge in [0.05, 0.1) is 5.52 Å². The van der Waals surface area contributed by atoms with E-state index >= 15 is 0 Å². The molecule has 0 spiro atoms. The molecular formula is C21H23F3N4O2. The Morgan fingerprint density at radius 1 is 1.17 bits per heavy atom. The predicted molar refractivity (Wildman–Crippen MR) is 106 cm³/mol.